The number of nitrogens with one attached hydrogen (secondary N) is 1. The molecule has 2 saturated heterocycles. The Morgan fingerprint density at radius 2 is 1.81 bits per heavy atom. The number of piperazine rings is 1. The molecule has 0 spiro atoms. The van der Waals surface area contributed by atoms with Gasteiger partial charge in [-0.1, -0.05) is 37.3 Å². The number of phenolic OH excluding ortho intramolecular Hbond substituents is 1. The number of carbonyl (C=O) groups is 1. The number of anilines is 1. The molecule has 0 radical (unpaired) electrons. The zero-order valence-corrected chi connectivity index (χ0v) is 18.5. The van der Waals surface area contributed by atoms with E-state index in [2.05, 4.69) is 46.3 Å². The molecule has 2 aliphatic heterocycles. The average molecular weight is 423 g/mol. The van der Waals surface area contributed by atoms with E-state index in [4.69, 9.17) is 0 Å². The minimum atomic E-state index is -0.00282. The molecule has 1 atom stereocenters. The van der Waals surface area contributed by atoms with Crippen LogP contribution in [0, 0.1) is 5.92 Å². The zero-order valence-electron chi connectivity index (χ0n) is 18.5. The van der Waals surface area contributed by atoms with Crippen LogP contribution in [0.2, 0.25) is 0 Å². The van der Waals surface area contributed by atoms with E-state index in [1.807, 2.05) is 17.0 Å². The minimum absolute atomic E-state index is 0.00282. The lowest BCUT2D eigenvalue weighted by atomic mass is 9.99. The Morgan fingerprint density at radius 1 is 1.03 bits per heavy atom. The number of hydrogen-bond acceptors (Lipinski definition) is 4. The van der Waals surface area contributed by atoms with E-state index in [-0.39, 0.29) is 11.8 Å². The zero-order chi connectivity index (χ0) is 21.6. The fourth-order valence-electron chi connectivity index (χ4n) is 4.70. The molecule has 31 heavy (non-hydrogen) atoms. The van der Waals surface area contributed by atoms with Gasteiger partial charge in [-0.05, 0) is 48.6 Å². The topological polar surface area (TPSA) is 59.1 Å². The number of urea groups is 1. The van der Waals surface area contributed by atoms with E-state index < -0.39 is 0 Å². The molecule has 2 amide bonds. The molecular weight excluding hydrogens is 388 g/mol. The van der Waals surface area contributed by atoms with Crippen LogP contribution < -0.4 is 10.2 Å². The smallest absolute Gasteiger partial charge is 0.317 e. The Hall–Kier alpha value is -2.73. The quantitative estimate of drug-likeness (QED) is 0.772. The van der Waals surface area contributed by atoms with Crippen molar-refractivity contribution < 1.29 is 9.90 Å². The van der Waals surface area contributed by atoms with Crippen LogP contribution in [0.3, 0.4) is 0 Å². The van der Waals surface area contributed by atoms with Crippen molar-refractivity contribution >= 4 is 11.7 Å². The first kappa shape index (κ1) is 21.5. The van der Waals surface area contributed by atoms with Gasteiger partial charge in [0.1, 0.15) is 5.75 Å². The maximum absolute atomic E-state index is 12.8. The SMILES string of the molecule is CC1CCCN(Cc2ccccc2CNC(=O)N2CCN(c3cccc(O)c3)CC2)C1. The molecule has 0 saturated carbocycles. The molecule has 6 heteroatoms. The molecule has 2 aromatic rings. The summed E-state index contributed by atoms with van der Waals surface area (Å²) in [5.74, 6) is 1.04. The number of carbonyl (C=O) groups excluding carboxylic acids is 1. The van der Waals surface area contributed by atoms with Crippen molar-refractivity contribution in [3.8, 4) is 5.75 Å². The Bertz CT molecular complexity index is 879. The third kappa shape index (κ3) is 5.70. The molecule has 0 aromatic heterocycles. The second kappa shape index (κ2) is 10.1. The third-order valence-corrected chi connectivity index (χ3v) is 6.45. The number of benzene rings is 2. The number of likely N-dealkylation sites (tertiary alicyclic amines) is 1. The molecule has 166 valence electrons. The molecule has 2 N–H and O–H groups in total. The summed E-state index contributed by atoms with van der Waals surface area (Å²) in [5.41, 5.74) is 3.51. The first-order valence-electron chi connectivity index (χ1n) is 11.4. The minimum Gasteiger partial charge on any atom is -0.508 e. The summed E-state index contributed by atoms with van der Waals surface area (Å²) >= 11 is 0. The summed E-state index contributed by atoms with van der Waals surface area (Å²) in [4.78, 5) is 19.4. The number of amides is 2. The Balaban J connectivity index is 1.28. The number of phenols is 1. The van der Waals surface area contributed by atoms with Crippen molar-refractivity contribution in [1.82, 2.24) is 15.1 Å². The number of piperidine rings is 1. The Labute approximate surface area is 185 Å². The summed E-state index contributed by atoms with van der Waals surface area (Å²) in [6.45, 7) is 9.05. The summed E-state index contributed by atoms with van der Waals surface area (Å²) < 4.78 is 0. The van der Waals surface area contributed by atoms with Crippen LogP contribution in [0.1, 0.15) is 30.9 Å². The third-order valence-electron chi connectivity index (χ3n) is 6.45. The van der Waals surface area contributed by atoms with Crippen LogP contribution in [0.4, 0.5) is 10.5 Å². The monoisotopic (exact) mass is 422 g/mol. The maximum Gasteiger partial charge on any atom is 0.317 e. The van der Waals surface area contributed by atoms with Crippen LogP contribution in [0.5, 0.6) is 5.75 Å². The van der Waals surface area contributed by atoms with E-state index >= 15 is 0 Å². The van der Waals surface area contributed by atoms with Crippen LogP contribution >= 0.6 is 0 Å². The first-order valence-corrected chi connectivity index (χ1v) is 11.4. The van der Waals surface area contributed by atoms with Gasteiger partial charge in [0.2, 0.25) is 0 Å². The van der Waals surface area contributed by atoms with E-state index in [1.54, 1.807) is 12.1 Å². The lowest BCUT2D eigenvalue weighted by molar-refractivity contribution is 0.176. The lowest BCUT2D eigenvalue weighted by Gasteiger charge is -2.36. The van der Waals surface area contributed by atoms with E-state index in [9.17, 15) is 9.90 Å². The summed E-state index contributed by atoms with van der Waals surface area (Å²) in [6.07, 6.45) is 2.60. The van der Waals surface area contributed by atoms with E-state index in [0.29, 0.717) is 19.6 Å². The predicted molar refractivity (Wildman–Crippen MR) is 124 cm³/mol. The normalized spacial score (nSPS) is 20.0. The van der Waals surface area contributed by atoms with Crippen LogP contribution in [-0.2, 0) is 13.1 Å². The molecule has 2 fully saturated rings. The Morgan fingerprint density at radius 3 is 2.55 bits per heavy atom. The second-order valence-electron chi connectivity index (χ2n) is 8.90. The van der Waals surface area contributed by atoms with Gasteiger partial charge in [0.05, 0.1) is 0 Å². The van der Waals surface area contributed by atoms with Gasteiger partial charge in [0.15, 0.2) is 0 Å². The molecule has 1 unspecified atom stereocenters. The van der Waals surface area contributed by atoms with Gasteiger partial charge in [-0.15, -0.1) is 0 Å². The number of rotatable bonds is 5. The van der Waals surface area contributed by atoms with Gasteiger partial charge < -0.3 is 20.2 Å². The molecule has 0 bridgehead atoms. The number of nitrogens with zero attached hydrogens (tertiary/aromatic N) is 3. The fraction of sp³-hybridized carbons (Fsp3) is 0.480. The van der Waals surface area contributed by atoms with Gasteiger partial charge >= 0.3 is 6.03 Å². The highest BCUT2D eigenvalue weighted by molar-refractivity contribution is 5.74. The molecular formula is C25H34N4O2. The lowest BCUT2D eigenvalue weighted by Crippen LogP contribution is -2.51. The average Bonchev–Trinajstić information content (AvgIpc) is 2.78. The van der Waals surface area contributed by atoms with E-state index in [0.717, 1.165) is 44.3 Å². The van der Waals surface area contributed by atoms with Crippen molar-refractivity contribution in [2.45, 2.75) is 32.9 Å². The van der Waals surface area contributed by atoms with Crippen LogP contribution in [-0.4, -0.2) is 60.2 Å². The molecule has 6 nitrogen and oxygen atoms in total. The largest absolute Gasteiger partial charge is 0.508 e. The van der Waals surface area contributed by atoms with Gasteiger partial charge in [-0.2, -0.15) is 0 Å². The van der Waals surface area contributed by atoms with Gasteiger partial charge in [0, 0.05) is 57.6 Å². The molecule has 2 heterocycles. The second-order valence-corrected chi connectivity index (χ2v) is 8.90. The van der Waals surface area contributed by atoms with Crippen molar-refractivity contribution in [1.29, 1.82) is 0 Å². The predicted octanol–water partition coefficient (Wildman–Crippen LogP) is 3.66. The Kier molecular flexibility index (Phi) is 6.97. The highest BCUT2D eigenvalue weighted by Gasteiger charge is 2.22. The summed E-state index contributed by atoms with van der Waals surface area (Å²) in [5, 5.41) is 12.8. The van der Waals surface area contributed by atoms with Gasteiger partial charge in [-0.3, -0.25) is 4.90 Å². The fourth-order valence-corrected chi connectivity index (χ4v) is 4.70. The number of aromatic hydroxyl groups is 1. The maximum atomic E-state index is 12.8. The van der Waals surface area contributed by atoms with Crippen molar-refractivity contribution in [2.24, 2.45) is 5.92 Å². The standard InChI is InChI=1S/C25H34N4O2/c1-20-6-5-11-27(18-20)19-22-8-3-2-7-21(22)17-26-25(31)29-14-12-28(13-15-29)23-9-4-10-24(30)16-23/h2-4,7-10,16,20,30H,5-6,11-15,17-19H2,1H3,(H,26,31). The van der Waals surface area contributed by atoms with Gasteiger partial charge in [0.25, 0.3) is 0 Å². The van der Waals surface area contributed by atoms with Crippen molar-refractivity contribution in [2.75, 3.05) is 44.2 Å². The first-order chi connectivity index (χ1) is 15.1. The summed E-state index contributed by atoms with van der Waals surface area (Å²) in [7, 11) is 0. The molecule has 0 aliphatic carbocycles. The summed E-state index contributed by atoms with van der Waals surface area (Å²) in [6, 6.07) is 15.8. The van der Waals surface area contributed by atoms with Crippen LogP contribution in [0.25, 0.3) is 0 Å². The highest BCUT2D eigenvalue weighted by atomic mass is 16.3. The number of hydrogen-bond donors (Lipinski definition) is 2. The van der Waals surface area contributed by atoms with Crippen molar-refractivity contribution in [3.63, 3.8) is 0 Å². The highest BCUT2D eigenvalue weighted by Crippen LogP contribution is 2.22. The van der Waals surface area contributed by atoms with E-state index in [1.165, 1.54) is 24.0 Å². The molecule has 2 aromatic carbocycles. The molecule has 2 aliphatic rings. The van der Waals surface area contributed by atoms with Gasteiger partial charge in [-0.25, -0.2) is 4.79 Å². The molecule has 4 rings (SSSR count). The van der Waals surface area contributed by atoms with Crippen molar-refractivity contribution in [3.05, 3.63) is 59.7 Å². The van der Waals surface area contributed by atoms with Crippen LogP contribution in [0.15, 0.2) is 48.5 Å².